The second-order valence-corrected chi connectivity index (χ2v) is 6.83. The Morgan fingerprint density at radius 3 is 2.33 bits per heavy atom. The van der Waals surface area contributed by atoms with Gasteiger partial charge in [0.15, 0.2) is 0 Å². The first kappa shape index (κ1) is 17.7. The Balaban J connectivity index is 1.60. The molecule has 7 heteroatoms. The molecule has 27 heavy (non-hydrogen) atoms. The molecule has 0 saturated heterocycles. The summed E-state index contributed by atoms with van der Waals surface area (Å²) >= 11 is 0. The normalized spacial score (nSPS) is 16.1. The number of benzene rings is 2. The van der Waals surface area contributed by atoms with E-state index in [9.17, 15) is 18.3 Å². The monoisotopic (exact) mass is 374 g/mol. The highest BCUT2D eigenvalue weighted by Crippen LogP contribution is 2.41. The van der Waals surface area contributed by atoms with Crippen molar-refractivity contribution in [3.63, 3.8) is 0 Å². The SMILES string of the molecule is OC1(c2nnc(-c3ccccc3Cc3ccc(C(F)(F)F)cc3)o2)CCC1. The van der Waals surface area contributed by atoms with Crippen LogP contribution in [0, 0.1) is 0 Å². The summed E-state index contributed by atoms with van der Waals surface area (Å²) in [5, 5.41) is 18.4. The van der Waals surface area contributed by atoms with Crippen LogP contribution < -0.4 is 0 Å². The lowest BCUT2D eigenvalue weighted by atomic mass is 9.80. The Morgan fingerprint density at radius 2 is 1.70 bits per heavy atom. The molecule has 2 aromatic carbocycles. The molecule has 0 atom stereocenters. The zero-order chi connectivity index (χ0) is 19.1. The highest BCUT2D eigenvalue weighted by atomic mass is 19.4. The zero-order valence-electron chi connectivity index (χ0n) is 14.3. The molecule has 0 amide bonds. The minimum atomic E-state index is -4.35. The van der Waals surface area contributed by atoms with Gasteiger partial charge in [0, 0.05) is 5.56 Å². The van der Waals surface area contributed by atoms with Gasteiger partial charge in [0.1, 0.15) is 5.60 Å². The van der Waals surface area contributed by atoms with Crippen LogP contribution in [0.3, 0.4) is 0 Å². The summed E-state index contributed by atoms with van der Waals surface area (Å²) in [6, 6.07) is 12.5. The third kappa shape index (κ3) is 3.47. The molecule has 0 unspecified atom stereocenters. The molecule has 1 N–H and O–H groups in total. The van der Waals surface area contributed by atoms with Crippen LogP contribution in [-0.2, 0) is 18.2 Å². The Labute approximate surface area is 153 Å². The van der Waals surface area contributed by atoms with Gasteiger partial charge < -0.3 is 9.52 Å². The van der Waals surface area contributed by atoms with Crippen LogP contribution in [0.2, 0.25) is 0 Å². The zero-order valence-corrected chi connectivity index (χ0v) is 14.3. The van der Waals surface area contributed by atoms with Gasteiger partial charge in [0.25, 0.3) is 0 Å². The number of alkyl halides is 3. The van der Waals surface area contributed by atoms with Crippen molar-refractivity contribution in [3.05, 3.63) is 71.1 Å². The van der Waals surface area contributed by atoms with Crippen molar-refractivity contribution in [1.29, 1.82) is 0 Å². The van der Waals surface area contributed by atoms with E-state index in [2.05, 4.69) is 10.2 Å². The number of rotatable bonds is 4. The van der Waals surface area contributed by atoms with Crippen molar-refractivity contribution in [3.8, 4) is 11.5 Å². The van der Waals surface area contributed by atoms with Gasteiger partial charge in [-0.3, -0.25) is 0 Å². The minimum absolute atomic E-state index is 0.216. The quantitative estimate of drug-likeness (QED) is 0.718. The van der Waals surface area contributed by atoms with Gasteiger partial charge in [-0.1, -0.05) is 30.3 Å². The van der Waals surface area contributed by atoms with Gasteiger partial charge in [0.2, 0.25) is 11.8 Å². The maximum atomic E-state index is 12.7. The first-order chi connectivity index (χ1) is 12.9. The van der Waals surface area contributed by atoms with Crippen molar-refractivity contribution in [1.82, 2.24) is 10.2 Å². The highest BCUT2D eigenvalue weighted by molar-refractivity contribution is 5.59. The van der Waals surface area contributed by atoms with E-state index in [1.807, 2.05) is 24.3 Å². The average molecular weight is 374 g/mol. The number of nitrogens with zero attached hydrogens (tertiary/aromatic N) is 2. The Hall–Kier alpha value is -2.67. The van der Waals surface area contributed by atoms with E-state index in [0.717, 1.165) is 29.7 Å². The lowest BCUT2D eigenvalue weighted by Crippen LogP contribution is -2.33. The van der Waals surface area contributed by atoms with Crippen LogP contribution in [0.4, 0.5) is 13.2 Å². The molecule has 1 aliphatic rings. The Bertz CT molecular complexity index is 944. The van der Waals surface area contributed by atoms with E-state index in [1.54, 1.807) is 0 Å². The summed E-state index contributed by atoms with van der Waals surface area (Å²) in [6.45, 7) is 0. The van der Waals surface area contributed by atoms with Gasteiger partial charge in [0.05, 0.1) is 5.56 Å². The lowest BCUT2D eigenvalue weighted by Gasteiger charge is -2.32. The van der Waals surface area contributed by atoms with E-state index in [0.29, 0.717) is 30.7 Å². The molecule has 4 nitrogen and oxygen atoms in total. The standard InChI is InChI=1S/C20H17F3N2O2/c21-20(22,23)15-8-6-13(7-9-15)12-14-4-1-2-5-16(14)17-24-25-18(27-17)19(26)10-3-11-19/h1-2,4-9,26H,3,10-12H2. The molecule has 1 heterocycles. The fourth-order valence-electron chi connectivity index (χ4n) is 3.16. The Morgan fingerprint density at radius 1 is 1.00 bits per heavy atom. The summed E-state index contributed by atoms with van der Waals surface area (Å²) in [4.78, 5) is 0. The molecule has 1 saturated carbocycles. The molecule has 0 spiro atoms. The first-order valence-electron chi connectivity index (χ1n) is 8.66. The number of hydrogen-bond acceptors (Lipinski definition) is 4. The molecule has 0 radical (unpaired) electrons. The average Bonchev–Trinajstić information content (AvgIpc) is 3.10. The highest BCUT2D eigenvalue weighted by Gasteiger charge is 2.41. The maximum absolute atomic E-state index is 12.7. The third-order valence-electron chi connectivity index (χ3n) is 4.93. The van der Waals surface area contributed by atoms with Crippen molar-refractivity contribution in [2.45, 2.75) is 37.5 Å². The van der Waals surface area contributed by atoms with Crippen LogP contribution in [-0.4, -0.2) is 15.3 Å². The van der Waals surface area contributed by atoms with E-state index in [4.69, 9.17) is 4.42 Å². The number of aliphatic hydroxyl groups is 1. The molecule has 3 aromatic rings. The topological polar surface area (TPSA) is 59.2 Å². The largest absolute Gasteiger partial charge is 0.418 e. The molecule has 1 aliphatic carbocycles. The Kier molecular flexibility index (Phi) is 4.26. The van der Waals surface area contributed by atoms with Crippen molar-refractivity contribution >= 4 is 0 Å². The first-order valence-corrected chi connectivity index (χ1v) is 8.66. The van der Waals surface area contributed by atoms with Crippen molar-refractivity contribution < 1.29 is 22.7 Å². The van der Waals surface area contributed by atoms with Gasteiger partial charge >= 0.3 is 6.18 Å². The molecule has 0 aliphatic heterocycles. The van der Waals surface area contributed by atoms with Crippen LogP contribution >= 0.6 is 0 Å². The predicted molar refractivity (Wildman–Crippen MR) is 91.7 cm³/mol. The van der Waals surface area contributed by atoms with Gasteiger partial charge in [-0.15, -0.1) is 10.2 Å². The van der Waals surface area contributed by atoms with Crippen LogP contribution in [0.5, 0.6) is 0 Å². The second kappa shape index (κ2) is 6.49. The van der Waals surface area contributed by atoms with Gasteiger partial charge in [-0.05, 0) is 55.0 Å². The van der Waals surface area contributed by atoms with Gasteiger partial charge in [-0.2, -0.15) is 13.2 Å². The molecular weight excluding hydrogens is 357 g/mol. The van der Waals surface area contributed by atoms with E-state index in [1.165, 1.54) is 12.1 Å². The van der Waals surface area contributed by atoms with Gasteiger partial charge in [-0.25, -0.2) is 0 Å². The lowest BCUT2D eigenvalue weighted by molar-refractivity contribution is -0.137. The third-order valence-corrected chi connectivity index (χ3v) is 4.93. The summed E-state index contributed by atoms with van der Waals surface area (Å²) in [5.41, 5.74) is 0.600. The maximum Gasteiger partial charge on any atom is 0.416 e. The number of hydrogen-bond donors (Lipinski definition) is 1. The number of halogens is 3. The molecule has 1 aromatic heterocycles. The summed E-state index contributed by atoms with van der Waals surface area (Å²) in [7, 11) is 0. The van der Waals surface area contributed by atoms with Crippen molar-refractivity contribution in [2.24, 2.45) is 0 Å². The molecule has 140 valence electrons. The fourth-order valence-corrected chi connectivity index (χ4v) is 3.16. The summed E-state index contributed by atoms with van der Waals surface area (Å²) in [6.07, 6.45) is -1.81. The second-order valence-electron chi connectivity index (χ2n) is 6.83. The molecule has 4 rings (SSSR count). The smallest absolute Gasteiger partial charge is 0.416 e. The van der Waals surface area contributed by atoms with Crippen molar-refractivity contribution in [2.75, 3.05) is 0 Å². The van der Waals surface area contributed by atoms with Crippen LogP contribution in [0.1, 0.15) is 41.8 Å². The predicted octanol–water partition coefficient (Wildman–Crippen LogP) is 4.72. The summed E-state index contributed by atoms with van der Waals surface area (Å²) < 4.78 is 43.8. The van der Waals surface area contributed by atoms with Crippen LogP contribution in [0.25, 0.3) is 11.5 Å². The molecule has 0 bridgehead atoms. The summed E-state index contributed by atoms with van der Waals surface area (Å²) in [5.74, 6) is 0.515. The molecule has 1 fully saturated rings. The van der Waals surface area contributed by atoms with E-state index >= 15 is 0 Å². The van der Waals surface area contributed by atoms with E-state index in [-0.39, 0.29) is 5.89 Å². The van der Waals surface area contributed by atoms with Crippen LogP contribution in [0.15, 0.2) is 52.9 Å². The minimum Gasteiger partial charge on any atom is -0.418 e. The molecular formula is C20H17F3N2O2. The number of aromatic nitrogens is 2. The van der Waals surface area contributed by atoms with E-state index < -0.39 is 17.3 Å². The fraction of sp³-hybridized carbons (Fsp3) is 0.300.